The molecule has 1 heterocycles. The van der Waals surface area contributed by atoms with Crippen LogP contribution in [0.15, 0.2) is 42.5 Å². The van der Waals surface area contributed by atoms with Crippen LogP contribution in [0.4, 0.5) is 21.9 Å². The van der Waals surface area contributed by atoms with Crippen LogP contribution in [0.1, 0.15) is 37.3 Å². The molecule has 2 N–H and O–H groups in total. The number of hydrogen-bond donors (Lipinski definition) is 2. The SMILES string of the molecule is COCC(CC=O)c1ccc(N2CCOCC2C(C)C)c(NC(=O)Nc2ccc(C#N)cc2)c1. The van der Waals surface area contributed by atoms with Crippen molar-refractivity contribution in [2.24, 2.45) is 5.92 Å². The van der Waals surface area contributed by atoms with Crippen LogP contribution in [0.5, 0.6) is 0 Å². The number of methoxy groups -OCH3 is 1. The van der Waals surface area contributed by atoms with Crippen LogP contribution in [0.3, 0.4) is 0 Å². The van der Waals surface area contributed by atoms with Gasteiger partial charge >= 0.3 is 6.03 Å². The Bertz CT molecular complexity index is 1020. The highest BCUT2D eigenvalue weighted by atomic mass is 16.5. The fraction of sp³-hybridized carbons (Fsp3) is 0.423. The van der Waals surface area contributed by atoms with Gasteiger partial charge in [-0.1, -0.05) is 19.9 Å². The van der Waals surface area contributed by atoms with Gasteiger partial charge in [0.05, 0.1) is 48.9 Å². The minimum Gasteiger partial charge on any atom is -0.384 e. The van der Waals surface area contributed by atoms with Gasteiger partial charge in [0.1, 0.15) is 6.29 Å². The average molecular weight is 465 g/mol. The summed E-state index contributed by atoms with van der Waals surface area (Å²) in [6.07, 6.45) is 1.22. The summed E-state index contributed by atoms with van der Waals surface area (Å²) >= 11 is 0. The molecule has 34 heavy (non-hydrogen) atoms. The molecule has 0 bridgehead atoms. The van der Waals surface area contributed by atoms with E-state index in [0.717, 1.165) is 17.5 Å². The molecule has 8 heteroatoms. The normalized spacial score (nSPS) is 16.6. The second kappa shape index (κ2) is 12.2. The Hall–Kier alpha value is -3.41. The standard InChI is InChI=1S/C26H32N4O4/c1-18(2)25-17-34-13-11-30(25)24-9-6-20(21(10-12-31)16-33-3)14-23(24)29-26(32)28-22-7-4-19(15-27)5-8-22/h4-9,12,14,18,21,25H,10-11,13,16-17H2,1-3H3,(H2,28,29,32). The number of urea groups is 1. The van der Waals surface area contributed by atoms with Gasteiger partial charge in [0.2, 0.25) is 0 Å². The zero-order valence-corrected chi connectivity index (χ0v) is 19.9. The summed E-state index contributed by atoms with van der Waals surface area (Å²) in [5.74, 6) is 0.251. The molecular formula is C26H32N4O4. The average Bonchev–Trinajstić information content (AvgIpc) is 2.84. The third kappa shape index (κ3) is 6.34. The highest BCUT2D eigenvalue weighted by Gasteiger charge is 2.28. The van der Waals surface area contributed by atoms with E-state index in [2.05, 4.69) is 35.5 Å². The van der Waals surface area contributed by atoms with Crippen molar-refractivity contribution in [3.8, 4) is 6.07 Å². The summed E-state index contributed by atoms with van der Waals surface area (Å²) in [6, 6.07) is 14.4. The third-order valence-electron chi connectivity index (χ3n) is 6.01. The number of hydrogen-bond acceptors (Lipinski definition) is 6. The van der Waals surface area contributed by atoms with Gasteiger partial charge in [-0.25, -0.2) is 4.79 Å². The molecular weight excluding hydrogens is 432 g/mol. The van der Waals surface area contributed by atoms with Gasteiger partial charge < -0.3 is 29.8 Å². The van der Waals surface area contributed by atoms with E-state index < -0.39 is 6.03 Å². The molecule has 2 atom stereocenters. The maximum absolute atomic E-state index is 12.9. The van der Waals surface area contributed by atoms with Crippen molar-refractivity contribution in [1.82, 2.24) is 0 Å². The number of nitrogens with zero attached hydrogens (tertiary/aromatic N) is 2. The molecule has 2 aromatic carbocycles. The number of morpholine rings is 1. The molecule has 8 nitrogen and oxygen atoms in total. The quantitative estimate of drug-likeness (QED) is 0.534. The predicted molar refractivity (Wildman–Crippen MR) is 132 cm³/mol. The summed E-state index contributed by atoms with van der Waals surface area (Å²) in [6.45, 7) is 6.66. The summed E-state index contributed by atoms with van der Waals surface area (Å²) in [4.78, 5) is 26.4. The Morgan fingerprint density at radius 3 is 2.68 bits per heavy atom. The maximum Gasteiger partial charge on any atom is 0.323 e. The number of nitrogens with one attached hydrogen (secondary N) is 2. The molecule has 0 aromatic heterocycles. The molecule has 1 aliphatic heterocycles. The first-order valence-electron chi connectivity index (χ1n) is 11.5. The van der Waals surface area contributed by atoms with Crippen LogP contribution in [0.2, 0.25) is 0 Å². The summed E-state index contributed by atoms with van der Waals surface area (Å²) in [7, 11) is 1.61. The van der Waals surface area contributed by atoms with Crippen LogP contribution in [0.25, 0.3) is 0 Å². The first kappa shape index (κ1) is 25.2. The Labute approximate surface area is 200 Å². The van der Waals surface area contributed by atoms with Crippen LogP contribution in [-0.4, -0.2) is 51.8 Å². The molecule has 0 aliphatic carbocycles. The van der Waals surface area contributed by atoms with Gasteiger partial charge in [0.15, 0.2) is 0 Å². The molecule has 0 spiro atoms. The van der Waals surface area contributed by atoms with Gasteiger partial charge in [0.25, 0.3) is 0 Å². The molecule has 2 aromatic rings. The number of ether oxygens (including phenoxy) is 2. The molecule has 0 saturated carbocycles. The molecule has 2 amide bonds. The van der Waals surface area contributed by atoms with Crippen LogP contribution in [0, 0.1) is 17.2 Å². The molecule has 1 aliphatic rings. The van der Waals surface area contributed by atoms with Crippen molar-refractivity contribution >= 4 is 29.4 Å². The highest BCUT2D eigenvalue weighted by molar-refractivity contribution is 6.02. The molecule has 1 saturated heterocycles. The van der Waals surface area contributed by atoms with Gasteiger partial charge in [-0.3, -0.25) is 0 Å². The lowest BCUT2D eigenvalue weighted by Crippen LogP contribution is -2.48. The summed E-state index contributed by atoms with van der Waals surface area (Å²) in [5.41, 5.74) is 3.58. The zero-order valence-electron chi connectivity index (χ0n) is 19.9. The molecule has 3 rings (SSSR count). The topological polar surface area (TPSA) is 104 Å². The summed E-state index contributed by atoms with van der Waals surface area (Å²) < 4.78 is 11.0. The minimum absolute atomic E-state index is 0.107. The Kier molecular flexibility index (Phi) is 9.02. The molecule has 1 fully saturated rings. The first-order valence-corrected chi connectivity index (χ1v) is 11.5. The van der Waals surface area contributed by atoms with E-state index in [9.17, 15) is 9.59 Å². The lowest BCUT2D eigenvalue weighted by Gasteiger charge is -2.40. The predicted octanol–water partition coefficient (Wildman–Crippen LogP) is 4.38. The monoisotopic (exact) mass is 464 g/mol. The van der Waals surface area contributed by atoms with E-state index in [4.69, 9.17) is 14.7 Å². The highest BCUT2D eigenvalue weighted by Crippen LogP contribution is 2.34. The molecule has 0 radical (unpaired) electrons. The van der Waals surface area contributed by atoms with E-state index in [0.29, 0.717) is 55.6 Å². The van der Waals surface area contributed by atoms with Crippen molar-refractivity contribution in [2.75, 3.05) is 49.0 Å². The number of benzene rings is 2. The number of anilines is 3. The van der Waals surface area contributed by atoms with E-state index in [1.165, 1.54) is 0 Å². The Morgan fingerprint density at radius 1 is 1.26 bits per heavy atom. The van der Waals surface area contributed by atoms with Crippen molar-refractivity contribution in [2.45, 2.75) is 32.2 Å². The van der Waals surface area contributed by atoms with Crippen molar-refractivity contribution in [3.05, 3.63) is 53.6 Å². The van der Waals surface area contributed by atoms with E-state index in [1.807, 2.05) is 18.2 Å². The fourth-order valence-corrected chi connectivity index (χ4v) is 4.16. The smallest absolute Gasteiger partial charge is 0.323 e. The third-order valence-corrected chi connectivity index (χ3v) is 6.01. The van der Waals surface area contributed by atoms with Gasteiger partial charge in [-0.2, -0.15) is 5.26 Å². The number of aldehydes is 1. The second-order valence-corrected chi connectivity index (χ2v) is 8.68. The Morgan fingerprint density at radius 2 is 2.03 bits per heavy atom. The number of carbonyl (C=O) groups excluding carboxylic acids is 2. The molecule has 2 unspecified atom stereocenters. The largest absolute Gasteiger partial charge is 0.384 e. The van der Waals surface area contributed by atoms with Gasteiger partial charge in [-0.15, -0.1) is 0 Å². The lowest BCUT2D eigenvalue weighted by atomic mass is 9.95. The zero-order chi connectivity index (χ0) is 24.5. The van der Waals surface area contributed by atoms with Crippen LogP contribution >= 0.6 is 0 Å². The lowest BCUT2D eigenvalue weighted by molar-refractivity contribution is -0.108. The van der Waals surface area contributed by atoms with Crippen molar-refractivity contribution in [1.29, 1.82) is 5.26 Å². The number of carbonyl (C=O) groups is 2. The van der Waals surface area contributed by atoms with Crippen molar-refractivity contribution in [3.63, 3.8) is 0 Å². The summed E-state index contributed by atoms with van der Waals surface area (Å²) in [5, 5.41) is 14.8. The van der Waals surface area contributed by atoms with Gasteiger partial charge in [-0.05, 0) is 47.9 Å². The fourth-order valence-electron chi connectivity index (χ4n) is 4.16. The van der Waals surface area contributed by atoms with Crippen LogP contribution in [-0.2, 0) is 14.3 Å². The molecule has 180 valence electrons. The van der Waals surface area contributed by atoms with Crippen molar-refractivity contribution < 1.29 is 19.1 Å². The van der Waals surface area contributed by atoms with Gasteiger partial charge in [0, 0.05) is 31.7 Å². The first-order chi connectivity index (χ1) is 16.5. The maximum atomic E-state index is 12.9. The second-order valence-electron chi connectivity index (χ2n) is 8.68. The van der Waals surface area contributed by atoms with E-state index in [1.54, 1.807) is 31.4 Å². The number of nitriles is 1. The number of amides is 2. The van der Waals surface area contributed by atoms with E-state index in [-0.39, 0.29) is 12.0 Å². The minimum atomic E-state index is -0.392. The number of rotatable bonds is 9. The van der Waals surface area contributed by atoms with Crippen LogP contribution < -0.4 is 15.5 Å². The van der Waals surface area contributed by atoms with E-state index >= 15 is 0 Å². The Balaban J connectivity index is 1.92.